The van der Waals surface area contributed by atoms with E-state index in [9.17, 15) is 14.4 Å². The molecule has 0 saturated carbocycles. The number of carbonyl (C=O) groups is 3. The fraction of sp³-hybridized carbons (Fsp3) is 0.167. The van der Waals surface area contributed by atoms with Crippen molar-refractivity contribution >= 4 is 34.4 Å². The highest BCUT2D eigenvalue weighted by Crippen LogP contribution is 2.45. The van der Waals surface area contributed by atoms with E-state index in [0.29, 0.717) is 6.42 Å². The van der Waals surface area contributed by atoms with E-state index in [0.717, 1.165) is 33.3 Å². The lowest BCUT2D eigenvalue weighted by molar-refractivity contribution is -0.120. The summed E-state index contributed by atoms with van der Waals surface area (Å²) in [4.78, 5) is 47.3. The molecule has 2 aliphatic heterocycles. The number of rotatable bonds is 5. The smallest absolute Gasteiger partial charge is 0.332 e. The third-order valence-electron chi connectivity index (χ3n) is 7.24. The maximum Gasteiger partial charge on any atom is 0.332 e. The average Bonchev–Trinajstić information content (AvgIpc) is 3.41. The highest BCUT2D eigenvalue weighted by atomic mass is 16.2. The summed E-state index contributed by atoms with van der Waals surface area (Å²) in [5.74, 6) is -0.700. The van der Waals surface area contributed by atoms with Crippen molar-refractivity contribution in [3.63, 3.8) is 0 Å². The minimum Gasteiger partial charge on any atom is -0.356 e. The zero-order valence-corrected chi connectivity index (χ0v) is 20.4. The van der Waals surface area contributed by atoms with Crippen LogP contribution < -0.4 is 10.2 Å². The predicted octanol–water partition coefficient (Wildman–Crippen LogP) is 4.88. The van der Waals surface area contributed by atoms with Gasteiger partial charge in [-0.15, -0.1) is 6.58 Å². The van der Waals surface area contributed by atoms with Gasteiger partial charge in [-0.2, -0.15) is 0 Å². The largest absolute Gasteiger partial charge is 0.356 e. The van der Waals surface area contributed by atoms with Crippen LogP contribution >= 0.6 is 0 Å². The van der Waals surface area contributed by atoms with Gasteiger partial charge in [0.2, 0.25) is 0 Å². The van der Waals surface area contributed by atoms with E-state index < -0.39 is 18.1 Å². The number of carbonyl (C=O) groups excluding carboxylic acids is 3. The van der Waals surface area contributed by atoms with E-state index in [-0.39, 0.29) is 29.6 Å². The number of anilines is 1. The molecule has 0 spiro atoms. The first kappa shape index (κ1) is 22.8. The van der Waals surface area contributed by atoms with Crippen molar-refractivity contribution in [2.45, 2.75) is 25.4 Å². The molecule has 184 valence electrons. The third kappa shape index (κ3) is 3.54. The highest BCUT2D eigenvalue weighted by Gasteiger charge is 2.53. The summed E-state index contributed by atoms with van der Waals surface area (Å²) in [6, 6.07) is 21.2. The number of para-hydroxylation sites is 2. The number of amides is 4. The molecule has 4 amide bonds. The van der Waals surface area contributed by atoms with Crippen LogP contribution in [0, 0.1) is 6.92 Å². The van der Waals surface area contributed by atoms with Crippen LogP contribution in [0.3, 0.4) is 0 Å². The second-order valence-electron chi connectivity index (χ2n) is 9.48. The first-order valence-corrected chi connectivity index (χ1v) is 12.3. The molecule has 4 aromatic rings. The fourth-order valence-electron chi connectivity index (χ4n) is 5.51. The van der Waals surface area contributed by atoms with Crippen molar-refractivity contribution in [2.24, 2.45) is 0 Å². The summed E-state index contributed by atoms with van der Waals surface area (Å²) in [7, 11) is 0. The van der Waals surface area contributed by atoms with Crippen molar-refractivity contribution in [3.05, 3.63) is 113 Å². The SMILES string of the molecule is C=CCNC(=O)c1ccccc1N1C(=O)[C@@H]2Cc3c([nH]c4ccccc34)[C@@H](c3ccc(C)cc3)N2C1=O. The summed E-state index contributed by atoms with van der Waals surface area (Å²) < 4.78 is 0. The Balaban J connectivity index is 1.49. The number of benzene rings is 3. The van der Waals surface area contributed by atoms with Crippen LogP contribution in [0.2, 0.25) is 0 Å². The van der Waals surface area contributed by atoms with Gasteiger partial charge < -0.3 is 10.3 Å². The van der Waals surface area contributed by atoms with Crippen LogP contribution in [-0.2, 0) is 11.2 Å². The van der Waals surface area contributed by atoms with Crippen molar-refractivity contribution in [1.82, 2.24) is 15.2 Å². The molecule has 2 N–H and O–H groups in total. The van der Waals surface area contributed by atoms with Gasteiger partial charge in [-0.3, -0.25) is 14.5 Å². The maximum atomic E-state index is 14.1. The van der Waals surface area contributed by atoms with E-state index in [1.165, 1.54) is 4.90 Å². The normalized spacial score (nSPS) is 18.6. The second-order valence-corrected chi connectivity index (χ2v) is 9.48. The Morgan fingerprint density at radius 1 is 1.05 bits per heavy atom. The second kappa shape index (κ2) is 8.78. The topological polar surface area (TPSA) is 85.5 Å². The van der Waals surface area contributed by atoms with Crippen LogP contribution in [0.5, 0.6) is 0 Å². The standard InChI is InChI=1S/C30H26N4O3/c1-3-16-31-28(35)21-9-5-7-11-24(21)34-29(36)25-17-22-20-8-4-6-10-23(20)32-26(22)27(33(25)30(34)37)19-14-12-18(2)13-15-19/h3-15,25,27,32H,1,16-17H2,2H3,(H,31,35)/t25-,27+/m0/s1. The number of imide groups is 1. The number of aryl methyl sites for hydroxylation is 1. The molecule has 2 aliphatic rings. The lowest BCUT2D eigenvalue weighted by Gasteiger charge is -2.36. The molecular formula is C30H26N4O3. The molecule has 0 radical (unpaired) electrons. The summed E-state index contributed by atoms with van der Waals surface area (Å²) in [6.45, 7) is 5.93. The van der Waals surface area contributed by atoms with Gasteiger partial charge in [0, 0.05) is 29.6 Å². The van der Waals surface area contributed by atoms with E-state index in [1.807, 2.05) is 55.5 Å². The van der Waals surface area contributed by atoms with Crippen molar-refractivity contribution in [1.29, 1.82) is 0 Å². The molecular weight excluding hydrogens is 464 g/mol. The van der Waals surface area contributed by atoms with Gasteiger partial charge in [-0.05, 0) is 36.2 Å². The van der Waals surface area contributed by atoms with Crippen molar-refractivity contribution in [2.75, 3.05) is 11.4 Å². The van der Waals surface area contributed by atoms with Gasteiger partial charge in [0.05, 0.1) is 11.3 Å². The van der Waals surface area contributed by atoms with Crippen LogP contribution in [0.15, 0.2) is 85.5 Å². The molecule has 37 heavy (non-hydrogen) atoms. The maximum absolute atomic E-state index is 14.1. The third-order valence-corrected chi connectivity index (χ3v) is 7.24. The van der Waals surface area contributed by atoms with E-state index >= 15 is 0 Å². The number of nitrogens with one attached hydrogen (secondary N) is 2. The van der Waals surface area contributed by atoms with Gasteiger partial charge in [0.15, 0.2) is 0 Å². The Labute approximate surface area is 214 Å². The molecule has 2 atom stereocenters. The average molecular weight is 491 g/mol. The number of fused-ring (bicyclic) bond motifs is 4. The Morgan fingerprint density at radius 3 is 2.57 bits per heavy atom. The summed E-state index contributed by atoms with van der Waals surface area (Å²) in [6.07, 6.45) is 1.98. The summed E-state index contributed by atoms with van der Waals surface area (Å²) in [5, 5.41) is 3.80. The number of urea groups is 1. The van der Waals surface area contributed by atoms with Crippen LogP contribution in [0.1, 0.15) is 38.8 Å². The molecule has 6 rings (SSSR count). The number of aromatic nitrogens is 1. The molecule has 3 heterocycles. The molecule has 3 aromatic carbocycles. The fourth-order valence-corrected chi connectivity index (χ4v) is 5.51. The summed E-state index contributed by atoms with van der Waals surface area (Å²) in [5.41, 5.74) is 5.52. The van der Waals surface area contributed by atoms with Gasteiger partial charge in [-0.25, -0.2) is 9.69 Å². The van der Waals surface area contributed by atoms with Gasteiger partial charge >= 0.3 is 6.03 Å². The molecule has 0 aliphatic carbocycles. The molecule has 7 heteroatoms. The van der Waals surface area contributed by atoms with E-state index in [2.05, 4.69) is 16.9 Å². The van der Waals surface area contributed by atoms with E-state index in [4.69, 9.17) is 0 Å². The van der Waals surface area contributed by atoms with Crippen molar-refractivity contribution < 1.29 is 14.4 Å². The molecule has 0 unspecified atom stereocenters. The first-order chi connectivity index (χ1) is 18.0. The molecule has 0 bridgehead atoms. The lowest BCUT2D eigenvalue weighted by Crippen LogP contribution is -2.44. The van der Waals surface area contributed by atoms with Gasteiger partial charge in [-0.1, -0.05) is 66.2 Å². The van der Waals surface area contributed by atoms with Gasteiger partial charge in [0.25, 0.3) is 11.8 Å². The predicted molar refractivity (Wildman–Crippen MR) is 143 cm³/mol. The molecule has 7 nitrogen and oxygen atoms in total. The zero-order chi connectivity index (χ0) is 25.7. The van der Waals surface area contributed by atoms with Crippen LogP contribution in [0.4, 0.5) is 10.5 Å². The minimum atomic E-state index is -0.685. The van der Waals surface area contributed by atoms with Crippen molar-refractivity contribution in [3.8, 4) is 0 Å². The minimum absolute atomic E-state index is 0.266. The number of H-pyrrole nitrogens is 1. The Hall–Kier alpha value is -4.65. The summed E-state index contributed by atoms with van der Waals surface area (Å²) >= 11 is 0. The highest BCUT2D eigenvalue weighted by molar-refractivity contribution is 6.24. The Kier molecular flexibility index (Phi) is 5.41. The first-order valence-electron chi connectivity index (χ1n) is 12.3. The Morgan fingerprint density at radius 2 is 1.78 bits per heavy atom. The van der Waals surface area contributed by atoms with Crippen LogP contribution in [0.25, 0.3) is 10.9 Å². The van der Waals surface area contributed by atoms with Gasteiger partial charge in [0.1, 0.15) is 12.1 Å². The van der Waals surface area contributed by atoms with E-state index in [1.54, 1.807) is 35.2 Å². The monoisotopic (exact) mass is 490 g/mol. The Bertz CT molecular complexity index is 1570. The lowest BCUT2D eigenvalue weighted by atomic mass is 9.88. The molecule has 1 aromatic heterocycles. The number of nitrogens with zero attached hydrogens (tertiary/aromatic N) is 2. The molecule has 1 saturated heterocycles. The molecule has 1 fully saturated rings. The number of hydrogen-bond donors (Lipinski definition) is 2. The zero-order valence-electron chi connectivity index (χ0n) is 20.4. The number of hydrogen-bond acceptors (Lipinski definition) is 3. The quantitative estimate of drug-likeness (QED) is 0.309. The number of aromatic amines is 1. The van der Waals surface area contributed by atoms with Crippen LogP contribution in [-0.4, -0.2) is 40.3 Å².